The summed E-state index contributed by atoms with van der Waals surface area (Å²) in [6.45, 7) is 3.73. The van der Waals surface area contributed by atoms with E-state index in [0.717, 1.165) is 0 Å². The Hall–Kier alpha value is -1.14. The summed E-state index contributed by atoms with van der Waals surface area (Å²) in [5.74, 6) is -1.23. The van der Waals surface area contributed by atoms with Gasteiger partial charge in [0.15, 0.2) is 0 Å². The lowest BCUT2D eigenvalue weighted by Crippen LogP contribution is -2.16. The van der Waals surface area contributed by atoms with Crippen LogP contribution in [0.15, 0.2) is 0 Å². The van der Waals surface area contributed by atoms with Crippen molar-refractivity contribution in [1.82, 2.24) is 0 Å². The van der Waals surface area contributed by atoms with Crippen molar-refractivity contribution in [2.45, 2.75) is 27.1 Å². The van der Waals surface area contributed by atoms with Crippen molar-refractivity contribution >= 4 is 11.9 Å². The van der Waals surface area contributed by atoms with E-state index in [0.29, 0.717) is 0 Å². The van der Waals surface area contributed by atoms with Crippen LogP contribution in [0.5, 0.6) is 0 Å². The molecule has 0 bridgehead atoms. The van der Waals surface area contributed by atoms with Gasteiger partial charge in [0, 0.05) is 13.8 Å². The lowest BCUT2D eigenvalue weighted by Gasteiger charge is -2.08. The molecule has 0 aliphatic carbocycles. The standard InChI is InChI=1S/C6H10O6/c1-4(7)9-11-6(3)12-10-5(2)8/h6H,1-3H3. The maximum absolute atomic E-state index is 10.2. The largest absolute Gasteiger partial charge is 0.339 e. The fraction of sp³-hybridized carbons (Fsp3) is 0.667. The molecule has 70 valence electrons. The van der Waals surface area contributed by atoms with E-state index in [1.807, 2.05) is 0 Å². The highest BCUT2D eigenvalue weighted by Crippen LogP contribution is 1.95. The van der Waals surface area contributed by atoms with Gasteiger partial charge in [0.2, 0.25) is 6.29 Å². The minimum Gasteiger partial charge on any atom is -0.296 e. The topological polar surface area (TPSA) is 71.1 Å². The Labute approximate surface area is 69.2 Å². The van der Waals surface area contributed by atoms with E-state index in [-0.39, 0.29) is 0 Å². The highest BCUT2D eigenvalue weighted by molar-refractivity contribution is 5.65. The second-order valence-corrected chi connectivity index (χ2v) is 1.91. The zero-order valence-electron chi connectivity index (χ0n) is 7.03. The molecule has 0 aromatic rings. The van der Waals surface area contributed by atoms with E-state index in [2.05, 4.69) is 19.6 Å². The Morgan fingerprint density at radius 3 is 1.58 bits per heavy atom. The van der Waals surface area contributed by atoms with Crippen LogP contribution in [0, 0.1) is 0 Å². The summed E-state index contributed by atoms with van der Waals surface area (Å²) in [7, 11) is 0. The van der Waals surface area contributed by atoms with Crippen LogP contribution in [0.25, 0.3) is 0 Å². The Bertz CT molecular complexity index is 147. The van der Waals surface area contributed by atoms with Gasteiger partial charge in [-0.2, -0.15) is 0 Å². The van der Waals surface area contributed by atoms with Crippen molar-refractivity contribution < 1.29 is 29.1 Å². The summed E-state index contributed by atoms with van der Waals surface area (Å²) >= 11 is 0. The lowest BCUT2D eigenvalue weighted by molar-refractivity contribution is -0.423. The summed E-state index contributed by atoms with van der Waals surface area (Å²) in [5.41, 5.74) is 0. The maximum Gasteiger partial charge on any atom is 0.339 e. The molecule has 0 saturated carbocycles. The van der Waals surface area contributed by atoms with Crippen LogP contribution in [-0.4, -0.2) is 18.2 Å². The van der Waals surface area contributed by atoms with E-state index < -0.39 is 18.2 Å². The van der Waals surface area contributed by atoms with Crippen molar-refractivity contribution in [3.63, 3.8) is 0 Å². The number of hydrogen-bond donors (Lipinski definition) is 0. The molecule has 0 aliphatic rings. The molecule has 0 aromatic carbocycles. The first-order valence-electron chi connectivity index (χ1n) is 3.20. The molecule has 0 radical (unpaired) electrons. The van der Waals surface area contributed by atoms with Crippen LogP contribution in [0.1, 0.15) is 20.8 Å². The summed E-state index contributed by atoms with van der Waals surface area (Å²) in [6.07, 6.45) is -0.946. The molecule has 0 aromatic heterocycles. The van der Waals surface area contributed by atoms with Crippen molar-refractivity contribution in [3.05, 3.63) is 0 Å². The molecule has 0 N–H and O–H groups in total. The van der Waals surface area contributed by atoms with E-state index in [1.165, 1.54) is 20.8 Å². The first kappa shape index (κ1) is 10.9. The monoisotopic (exact) mass is 178 g/mol. The number of carbonyl (C=O) groups excluding carboxylic acids is 2. The van der Waals surface area contributed by atoms with Gasteiger partial charge in [-0.1, -0.05) is 0 Å². The van der Waals surface area contributed by atoms with Gasteiger partial charge in [0.25, 0.3) is 0 Å². The average molecular weight is 178 g/mol. The Morgan fingerprint density at radius 2 is 1.33 bits per heavy atom. The van der Waals surface area contributed by atoms with Crippen LogP contribution in [0.2, 0.25) is 0 Å². The zero-order valence-corrected chi connectivity index (χ0v) is 7.03. The second kappa shape index (κ2) is 5.50. The fourth-order valence-corrected chi connectivity index (χ4v) is 0.287. The molecule has 0 unspecified atom stereocenters. The van der Waals surface area contributed by atoms with Crippen molar-refractivity contribution in [1.29, 1.82) is 0 Å². The third kappa shape index (κ3) is 6.97. The Balaban J connectivity index is 3.39. The quantitative estimate of drug-likeness (QED) is 0.350. The minimum atomic E-state index is -0.946. The molecule has 0 atom stereocenters. The van der Waals surface area contributed by atoms with Gasteiger partial charge in [-0.05, 0) is 6.92 Å². The van der Waals surface area contributed by atoms with Crippen LogP contribution < -0.4 is 0 Å². The van der Waals surface area contributed by atoms with Crippen LogP contribution in [-0.2, 0) is 29.1 Å². The predicted octanol–water partition coefficient (Wildman–Crippen LogP) is 0.322. The normalized spacial score (nSPS) is 9.67. The number of carbonyl (C=O) groups is 2. The molecule has 0 fully saturated rings. The molecule has 0 rings (SSSR count). The summed E-state index contributed by atoms with van der Waals surface area (Å²) in [6, 6.07) is 0. The van der Waals surface area contributed by atoms with E-state index in [9.17, 15) is 9.59 Å². The molecule has 0 aliphatic heterocycles. The molecular weight excluding hydrogens is 168 g/mol. The first-order chi connectivity index (χ1) is 5.52. The predicted molar refractivity (Wildman–Crippen MR) is 35.2 cm³/mol. The molecular formula is C6H10O6. The van der Waals surface area contributed by atoms with Gasteiger partial charge in [0.05, 0.1) is 0 Å². The van der Waals surface area contributed by atoms with Gasteiger partial charge in [0.1, 0.15) is 0 Å². The molecule has 12 heavy (non-hydrogen) atoms. The van der Waals surface area contributed by atoms with Crippen LogP contribution >= 0.6 is 0 Å². The second-order valence-electron chi connectivity index (χ2n) is 1.91. The van der Waals surface area contributed by atoms with Crippen LogP contribution in [0.4, 0.5) is 0 Å². The maximum atomic E-state index is 10.2. The van der Waals surface area contributed by atoms with Gasteiger partial charge in [-0.25, -0.2) is 9.59 Å². The minimum absolute atomic E-state index is 0.617. The molecule has 0 amide bonds. The van der Waals surface area contributed by atoms with Gasteiger partial charge in [-0.15, -0.1) is 9.78 Å². The Morgan fingerprint density at radius 1 is 1.00 bits per heavy atom. The number of hydrogen-bond acceptors (Lipinski definition) is 6. The first-order valence-corrected chi connectivity index (χ1v) is 3.20. The summed E-state index contributed by atoms with van der Waals surface area (Å²) in [5, 5.41) is 0. The third-order valence-corrected chi connectivity index (χ3v) is 0.602. The van der Waals surface area contributed by atoms with Crippen LogP contribution in [0.3, 0.4) is 0 Å². The van der Waals surface area contributed by atoms with Gasteiger partial charge >= 0.3 is 11.9 Å². The molecule has 0 saturated heterocycles. The van der Waals surface area contributed by atoms with Gasteiger partial charge in [-0.3, -0.25) is 9.78 Å². The lowest BCUT2D eigenvalue weighted by atomic mass is 10.8. The molecule has 6 heteroatoms. The fourth-order valence-electron chi connectivity index (χ4n) is 0.287. The zero-order chi connectivity index (χ0) is 9.56. The van der Waals surface area contributed by atoms with Gasteiger partial charge < -0.3 is 0 Å². The molecule has 0 heterocycles. The van der Waals surface area contributed by atoms with E-state index >= 15 is 0 Å². The van der Waals surface area contributed by atoms with Crippen molar-refractivity contribution in [2.24, 2.45) is 0 Å². The Kier molecular flexibility index (Phi) is 4.98. The van der Waals surface area contributed by atoms with E-state index in [4.69, 9.17) is 0 Å². The highest BCUT2D eigenvalue weighted by atomic mass is 17.3. The van der Waals surface area contributed by atoms with Crippen molar-refractivity contribution in [3.8, 4) is 0 Å². The summed E-state index contributed by atoms with van der Waals surface area (Å²) in [4.78, 5) is 37.1. The van der Waals surface area contributed by atoms with E-state index in [1.54, 1.807) is 0 Å². The highest BCUT2D eigenvalue weighted by Gasteiger charge is 2.07. The number of rotatable bonds is 4. The summed E-state index contributed by atoms with van der Waals surface area (Å²) < 4.78 is 0. The third-order valence-electron chi connectivity index (χ3n) is 0.602. The SMILES string of the molecule is CC(=O)OOC(C)OOC(C)=O. The molecule has 0 spiro atoms. The average Bonchev–Trinajstić information content (AvgIpc) is 1.96. The smallest absolute Gasteiger partial charge is 0.296 e. The molecule has 6 nitrogen and oxygen atoms in total. The van der Waals surface area contributed by atoms with Crippen molar-refractivity contribution in [2.75, 3.05) is 0 Å².